The van der Waals surface area contributed by atoms with Gasteiger partial charge in [0.05, 0.1) is 25.1 Å². The zero-order chi connectivity index (χ0) is 24.8. The second-order valence-corrected chi connectivity index (χ2v) is 7.97. The average molecular weight is 470 g/mol. The van der Waals surface area contributed by atoms with Gasteiger partial charge in [0.25, 0.3) is 5.91 Å². The number of hydrogen-bond acceptors (Lipinski definition) is 5. The average Bonchev–Trinajstić information content (AvgIpc) is 3.35. The fourth-order valence-electron chi connectivity index (χ4n) is 3.74. The van der Waals surface area contributed by atoms with E-state index in [4.69, 9.17) is 9.47 Å². The van der Waals surface area contributed by atoms with Gasteiger partial charge in [0.15, 0.2) is 5.69 Å². The molecule has 0 radical (unpaired) electrons. The Hall–Kier alpha value is -4.39. The highest BCUT2D eigenvalue weighted by Gasteiger charge is 2.19. The molecule has 0 aliphatic heterocycles. The molecule has 0 spiro atoms. The normalized spacial score (nSPS) is 10.6. The summed E-state index contributed by atoms with van der Waals surface area (Å²) in [7, 11) is 3.39. The van der Waals surface area contributed by atoms with Crippen LogP contribution in [0.15, 0.2) is 84.9 Å². The topological polar surface area (TPSA) is 73.7 Å². The van der Waals surface area contributed by atoms with E-state index < -0.39 is 5.97 Å². The number of benzene rings is 3. The molecule has 0 saturated carbocycles. The third-order valence-electron chi connectivity index (χ3n) is 5.55. The molecule has 0 saturated heterocycles. The van der Waals surface area contributed by atoms with Gasteiger partial charge < -0.3 is 14.4 Å². The first kappa shape index (κ1) is 23.8. The number of nitrogens with zero attached hydrogens (tertiary/aromatic N) is 3. The Labute approximate surface area is 204 Å². The Balaban J connectivity index is 1.63. The predicted octanol–water partition coefficient (Wildman–Crippen LogP) is 5.00. The summed E-state index contributed by atoms with van der Waals surface area (Å²) >= 11 is 0. The van der Waals surface area contributed by atoms with E-state index in [2.05, 4.69) is 5.10 Å². The predicted molar refractivity (Wildman–Crippen MR) is 134 cm³/mol. The molecule has 1 amide bonds. The van der Waals surface area contributed by atoms with Gasteiger partial charge in [-0.25, -0.2) is 9.48 Å². The lowest BCUT2D eigenvalue weighted by Gasteiger charge is -2.17. The number of carbonyl (C=O) groups excluding carboxylic acids is 2. The van der Waals surface area contributed by atoms with E-state index in [9.17, 15) is 9.59 Å². The summed E-state index contributed by atoms with van der Waals surface area (Å²) in [5.41, 5.74) is 4.13. The minimum Gasteiger partial charge on any atom is -0.497 e. The van der Waals surface area contributed by atoms with Crippen molar-refractivity contribution in [1.29, 1.82) is 0 Å². The summed E-state index contributed by atoms with van der Waals surface area (Å²) < 4.78 is 12.1. The Morgan fingerprint density at radius 1 is 0.943 bits per heavy atom. The molecule has 1 aromatic heterocycles. The lowest BCUT2D eigenvalue weighted by atomic mass is 10.1. The number of aromatic nitrogens is 2. The second kappa shape index (κ2) is 10.7. The highest BCUT2D eigenvalue weighted by molar-refractivity contribution is 5.94. The monoisotopic (exact) mass is 469 g/mol. The Bertz CT molecular complexity index is 1300. The maximum Gasteiger partial charge on any atom is 0.358 e. The van der Waals surface area contributed by atoms with Crippen LogP contribution in [0.5, 0.6) is 5.75 Å². The maximum atomic E-state index is 12.9. The summed E-state index contributed by atoms with van der Waals surface area (Å²) in [4.78, 5) is 27.0. The molecule has 35 heavy (non-hydrogen) atoms. The molecular weight excluding hydrogens is 442 g/mol. The van der Waals surface area contributed by atoms with Crippen molar-refractivity contribution in [1.82, 2.24) is 14.7 Å². The van der Waals surface area contributed by atoms with Crippen LogP contribution in [0.2, 0.25) is 0 Å². The second-order valence-electron chi connectivity index (χ2n) is 7.97. The minimum absolute atomic E-state index is 0.0801. The summed E-state index contributed by atoms with van der Waals surface area (Å²) in [6, 6.07) is 26.2. The molecule has 0 fully saturated rings. The number of rotatable bonds is 8. The van der Waals surface area contributed by atoms with Crippen LogP contribution in [0.3, 0.4) is 0 Å². The third kappa shape index (κ3) is 5.41. The third-order valence-corrected chi connectivity index (χ3v) is 5.55. The van der Waals surface area contributed by atoms with E-state index in [0.29, 0.717) is 17.8 Å². The van der Waals surface area contributed by atoms with Gasteiger partial charge in [0.1, 0.15) is 5.75 Å². The molecule has 4 aromatic rings. The molecule has 3 aromatic carbocycles. The van der Waals surface area contributed by atoms with Crippen LogP contribution in [0.4, 0.5) is 0 Å². The molecule has 7 nitrogen and oxygen atoms in total. The Kier molecular flexibility index (Phi) is 7.26. The largest absolute Gasteiger partial charge is 0.497 e. The molecule has 178 valence electrons. The van der Waals surface area contributed by atoms with Gasteiger partial charge in [-0.1, -0.05) is 30.3 Å². The quantitative estimate of drug-likeness (QED) is 0.340. The van der Waals surface area contributed by atoms with Crippen molar-refractivity contribution in [3.8, 4) is 22.7 Å². The van der Waals surface area contributed by atoms with Crippen molar-refractivity contribution < 1.29 is 19.1 Å². The first-order chi connectivity index (χ1) is 17.0. The lowest BCUT2D eigenvalue weighted by Crippen LogP contribution is -2.26. The van der Waals surface area contributed by atoms with Crippen molar-refractivity contribution in [3.63, 3.8) is 0 Å². The van der Waals surface area contributed by atoms with Crippen LogP contribution in [-0.4, -0.2) is 47.3 Å². The van der Waals surface area contributed by atoms with Crippen molar-refractivity contribution in [2.45, 2.75) is 13.5 Å². The number of esters is 1. The van der Waals surface area contributed by atoms with Crippen LogP contribution in [0.25, 0.3) is 16.9 Å². The van der Waals surface area contributed by atoms with Crippen LogP contribution in [-0.2, 0) is 11.3 Å². The van der Waals surface area contributed by atoms with Gasteiger partial charge in [0, 0.05) is 24.7 Å². The minimum atomic E-state index is -0.490. The van der Waals surface area contributed by atoms with Gasteiger partial charge in [-0.2, -0.15) is 5.10 Å². The number of amides is 1. The summed E-state index contributed by atoms with van der Waals surface area (Å²) in [5, 5.41) is 4.50. The molecule has 1 heterocycles. The standard InChI is InChI=1S/C28H27N3O4/c1-4-35-28(33)25-18-26(21-12-16-24(34-3)17-13-21)31(29-25)23-14-10-22(11-15-23)27(32)30(2)19-20-8-6-5-7-9-20/h5-18H,4,19H2,1-3H3. The summed E-state index contributed by atoms with van der Waals surface area (Å²) in [6.07, 6.45) is 0. The molecule has 0 aliphatic rings. The number of hydrogen-bond donors (Lipinski definition) is 0. The molecule has 0 N–H and O–H groups in total. The fraction of sp³-hybridized carbons (Fsp3) is 0.179. The molecule has 0 bridgehead atoms. The highest BCUT2D eigenvalue weighted by atomic mass is 16.5. The van der Waals surface area contributed by atoms with E-state index >= 15 is 0 Å². The van der Waals surface area contributed by atoms with Crippen molar-refractivity contribution in [2.24, 2.45) is 0 Å². The first-order valence-electron chi connectivity index (χ1n) is 11.3. The van der Waals surface area contributed by atoms with Gasteiger partial charge in [-0.05, 0) is 67.1 Å². The van der Waals surface area contributed by atoms with E-state index in [-0.39, 0.29) is 18.2 Å². The maximum absolute atomic E-state index is 12.9. The fourth-order valence-corrected chi connectivity index (χ4v) is 3.74. The van der Waals surface area contributed by atoms with Gasteiger partial charge in [-0.3, -0.25) is 4.79 Å². The molecule has 4 rings (SSSR count). The van der Waals surface area contributed by atoms with E-state index in [1.165, 1.54) is 0 Å². The zero-order valence-corrected chi connectivity index (χ0v) is 20.0. The smallest absolute Gasteiger partial charge is 0.358 e. The SMILES string of the molecule is CCOC(=O)c1cc(-c2ccc(OC)cc2)n(-c2ccc(C(=O)N(C)Cc3ccccc3)cc2)n1. The molecule has 0 aliphatic carbocycles. The van der Waals surface area contributed by atoms with Gasteiger partial charge in [0.2, 0.25) is 0 Å². The van der Waals surface area contributed by atoms with Crippen molar-refractivity contribution in [2.75, 3.05) is 20.8 Å². The lowest BCUT2D eigenvalue weighted by molar-refractivity contribution is 0.0518. The molecule has 7 heteroatoms. The van der Waals surface area contributed by atoms with Crippen LogP contribution < -0.4 is 4.74 Å². The number of carbonyl (C=O) groups is 2. The Morgan fingerprint density at radius 2 is 1.63 bits per heavy atom. The van der Waals surface area contributed by atoms with Crippen molar-refractivity contribution in [3.05, 3.63) is 102 Å². The number of ether oxygens (including phenoxy) is 2. The zero-order valence-electron chi connectivity index (χ0n) is 20.0. The number of methoxy groups -OCH3 is 1. The summed E-state index contributed by atoms with van der Waals surface area (Å²) in [5.74, 6) is 0.159. The van der Waals surface area contributed by atoms with Gasteiger partial charge >= 0.3 is 5.97 Å². The van der Waals surface area contributed by atoms with Crippen LogP contribution in [0.1, 0.15) is 33.3 Å². The molecule has 0 atom stereocenters. The molecular formula is C28H27N3O4. The Morgan fingerprint density at radius 3 is 2.26 bits per heavy atom. The van der Waals surface area contributed by atoms with Crippen LogP contribution in [0, 0.1) is 0 Å². The summed E-state index contributed by atoms with van der Waals surface area (Å²) in [6.45, 7) is 2.53. The van der Waals surface area contributed by atoms with Crippen molar-refractivity contribution >= 4 is 11.9 Å². The first-order valence-corrected chi connectivity index (χ1v) is 11.3. The van der Waals surface area contributed by atoms with E-state index in [0.717, 1.165) is 22.6 Å². The van der Waals surface area contributed by atoms with E-state index in [1.807, 2.05) is 66.7 Å². The van der Waals surface area contributed by atoms with Crippen LogP contribution >= 0.6 is 0 Å². The molecule has 0 unspecified atom stereocenters. The van der Waals surface area contributed by atoms with E-state index in [1.54, 1.807) is 48.9 Å². The highest BCUT2D eigenvalue weighted by Crippen LogP contribution is 2.27. The van der Waals surface area contributed by atoms with Gasteiger partial charge in [-0.15, -0.1) is 0 Å².